The Kier molecular flexibility index (Phi) is 4.42. The molecule has 0 aromatic heterocycles. The topological polar surface area (TPSA) is 12.0 Å². The van der Waals surface area contributed by atoms with Crippen LogP contribution in [0.5, 0.6) is 0 Å². The lowest BCUT2D eigenvalue weighted by Crippen LogP contribution is -2.34. The summed E-state index contributed by atoms with van der Waals surface area (Å²) in [5.74, 6) is -0.625. The van der Waals surface area contributed by atoms with Crippen molar-refractivity contribution in [1.29, 1.82) is 0 Å². The van der Waals surface area contributed by atoms with E-state index >= 15 is 0 Å². The molecule has 1 unspecified atom stereocenters. The molecule has 1 aromatic rings. The van der Waals surface area contributed by atoms with Crippen molar-refractivity contribution >= 4 is 11.6 Å². The van der Waals surface area contributed by atoms with E-state index in [1.807, 2.05) is 0 Å². The first-order valence-electron chi connectivity index (χ1n) is 4.44. The van der Waals surface area contributed by atoms with Crippen molar-refractivity contribution < 1.29 is 13.2 Å². The Morgan fingerprint density at radius 3 is 2.60 bits per heavy atom. The lowest BCUT2D eigenvalue weighted by atomic mass is 10.1. The van der Waals surface area contributed by atoms with E-state index in [4.69, 9.17) is 11.6 Å². The van der Waals surface area contributed by atoms with Gasteiger partial charge in [0.1, 0.15) is 5.82 Å². The molecule has 0 saturated carbocycles. The Balaban J connectivity index is 2.84. The molecule has 1 atom stereocenters. The highest BCUT2D eigenvalue weighted by Crippen LogP contribution is 2.20. The Morgan fingerprint density at radius 2 is 2.07 bits per heavy atom. The zero-order chi connectivity index (χ0) is 11.4. The number of hydrogen-bond donors (Lipinski definition) is 1. The van der Waals surface area contributed by atoms with Crippen molar-refractivity contribution in [3.63, 3.8) is 0 Å². The summed E-state index contributed by atoms with van der Waals surface area (Å²) in [6.45, 7) is 0. The second kappa shape index (κ2) is 5.37. The van der Waals surface area contributed by atoms with Crippen molar-refractivity contribution in [3.05, 3.63) is 34.6 Å². The standard InChI is InChI=1S/C10H11ClF3N/c1-15-8(10(13)14)5-6-3-2-4-7(11)9(6)12/h2-4,8,10,15H,5H2,1H3. The van der Waals surface area contributed by atoms with Crippen molar-refractivity contribution in [3.8, 4) is 0 Å². The molecule has 0 spiro atoms. The van der Waals surface area contributed by atoms with Gasteiger partial charge in [0.25, 0.3) is 6.43 Å². The molecule has 1 nitrogen and oxygen atoms in total. The molecule has 0 aliphatic rings. The Bertz CT molecular complexity index is 330. The van der Waals surface area contributed by atoms with Crippen molar-refractivity contribution in [1.82, 2.24) is 5.32 Å². The molecule has 0 aliphatic heterocycles. The number of likely N-dealkylation sites (N-methyl/N-ethyl adjacent to an activating group) is 1. The van der Waals surface area contributed by atoms with Gasteiger partial charge in [0.15, 0.2) is 0 Å². The summed E-state index contributed by atoms with van der Waals surface area (Å²) in [6, 6.07) is 3.32. The average molecular weight is 238 g/mol. The van der Waals surface area contributed by atoms with Crippen LogP contribution in [0.1, 0.15) is 5.56 Å². The molecule has 84 valence electrons. The van der Waals surface area contributed by atoms with Gasteiger partial charge in [0.2, 0.25) is 0 Å². The summed E-state index contributed by atoms with van der Waals surface area (Å²) in [6.07, 6.45) is -2.62. The van der Waals surface area contributed by atoms with E-state index in [-0.39, 0.29) is 17.0 Å². The molecule has 1 N–H and O–H groups in total. The molecular weight excluding hydrogens is 227 g/mol. The third kappa shape index (κ3) is 3.11. The van der Waals surface area contributed by atoms with Gasteiger partial charge in [-0.3, -0.25) is 0 Å². The molecular formula is C10H11ClF3N. The molecule has 5 heteroatoms. The maximum absolute atomic E-state index is 13.4. The Morgan fingerprint density at radius 1 is 1.40 bits per heavy atom. The fourth-order valence-electron chi connectivity index (χ4n) is 1.26. The maximum atomic E-state index is 13.4. The van der Waals surface area contributed by atoms with Crippen molar-refractivity contribution in [2.45, 2.75) is 18.9 Å². The second-order valence-corrected chi connectivity index (χ2v) is 3.55. The quantitative estimate of drug-likeness (QED) is 0.849. The van der Waals surface area contributed by atoms with Gasteiger partial charge in [0, 0.05) is 0 Å². The lowest BCUT2D eigenvalue weighted by molar-refractivity contribution is 0.102. The summed E-state index contributed by atoms with van der Waals surface area (Å²) < 4.78 is 38.2. The van der Waals surface area contributed by atoms with E-state index in [0.29, 0.717) is 0 Å². The van der Waals surface area contributed by atoms with Crippen LogP contribution in [-0.4, -0.2) is 19.5 Å². The Labute approximate surface area is 91.2 Å². The van der Waals surface area contributed by atoms with Crippen LogP contribution in [0.15, 0.2) is 18.2 Å². The van der Waals surface area contributed by atoms with Crippen molar-refractivity contribution in [2.24, 2.45) is 0 Å². The minimum absolute atomic E-state index is 0.0448. The molecule has 0 bridgehead atoms. The summed E-state index contributed by atoms with van der Waals surface area (Å²) in [4.78, 5) is 0. The SMILES string of the molecule is CNC(Cc1cccc(Cl)c1F)C(F)F. The van der Waals surface area contributed by atoms with Gasteiger partial charge in [-0.15, -0.1) is 0 Å². The molecule has 1 rings (SSSR count). The van der Waals surface area contributed by atoms with E-state index < -0.39 is 18.3 Å². The average Bonchev–Trinajstić information content (AvgIpc) is 2.19. The summed E-state index contributed by atoms with van der Waals surface area (Å²) in [5.41, 5.74) is 0.196. The number of alkyl halides is 2. The van der Waals surface area contributed by atoms with E-state index in [2.05, 4.69) is 5.32 Å². The summed E-state index contributed by atoms with van der Waals surface area (Å²) >= 11 is 5.54. The first-order valence-corrected chi connectivity index (χ1v) is 4.82. The minimum Gasteiger partial charge on any atom is -0.312 e. The van der Waals surface area contributed by atoms with Gasteiger partial charge < -0.3 is 5.32 Å². The van der Waals surface area contributed by atoms with Gasteiger partial charge in [-0.1, -0.05) is 23.7 Å². The molecule has 0 saturated heterocycles. The van der Waals surface area contributed by atoms with Gasteiger partial charge >= 0.3 is 0 Å². The van der Waals surface area contributed by atoms with Crippen LogP contribution in [0.4, 0.5) is 13.2 Å². The molecule has 0 fully saturated rings. The zero-order valence-corrected chi connectivity index (χ0v) is 8.86. The first-order chi connectivity index (χ1) is 7.06. The number of hydrogen-bond acceptors (Lipinski definition) is 1. The molecule has 0 amide bonds. The first kappa shape index (κ1) is 12.3. The summed E-state index contributed by atoms with van der Waals surface area (Å²) in [7, 11) is 1.42. The molecule has 1 aromatic carbocycles. The van der Waals surface area contributed by atoms with Crippen LogP contribution >= 0.6 is 11.6 Å². The van der Waals surface area contributed by atoms with Crippen LogP contribution in [0.25, 0.3) is 0 Å². The molecule has 0 aliphatic carbocycles. The highest BCUT2D eigenvalue weighted by atomic mass is 35.5. The smallest absolute Gasteiger partial charge is 0.254 e. The minimum atomic E-state index is -2.53. The third-order valence-electron chi connectivity index (χ3n) is 2.15. The summed E-state index contributed by atoms with van der Waals surface area (Å²) in [5, 5.41) is 2.39. The molecule has 15 heavy (non-hydrogen) atoms. The third-order valence-corrected chi connectivity index (χ3v) is 2.44. The predicted molar refractivity (Wildman–Crippen MR) is 54.0 cm³/mol. The van der Waals surface area contributed by atoms with Crippen LogP contribution in [0.2, 0.25) is 5.02 Å². The van der Waals surface area contributed by atoms with Gasteiger partial charge in [-0.05, 0) is 25.1 Å². The van der Waals surface area contributed by atoms with E-state index in [1.54, 1.807) is 6.07 Å². The molecule has 0 heterocycles. The van der Waals surface area contributed by atoms with Gasteiger partial charge in [-0.2, -0.15) is 0 Å². The van der Waals surface area contributed by atoms with E-state index in [9.17, 15) is 13.2 Å². The van der Waals surface area contributed by atoms with E-state index in [1.165, 1.54) is 19.2 Å². The lowest BCUT2D eigenvalue weighted by Gasteiger charge is -2.15. The fraction of sp³-hybridized carbons (Fsp3) is 0.400. The highest BCUT2D eigenvalue weighted by molar-refractivity contribution is 6.30. The van der Waals surface area contributed by atoms with Crippen LogP contribution < -0.4 is 5.32 Å². The number of benzene rings is 1. The second-order valence-electron chi connectivity index (χ2n) is 3.15. The monoisotopic (exact) mass is 237 g/mol. The van der Waals surface area contributed by atoms with Crippen LogP contribution in [0.3, 0.4) is 0 Å². The van der Waals surface area contributed by atoms with Crippen LogP contribution in [-0.2, 0) is 6.42 Å². The maximum Gasteiger partial charge on any atom is 0.254 e. The highest BCUT2D eigenvalue weighted by Gasteiger charge is 2.20. The van der Waals surface area contributed by atoms with Gasteiger partial charge in [0.05, 0.1) is 11.1 Å². The Hall–Kier alpha value is -0.740. The normalized spacial score (nSPS) is 13.2. The zero-order valence-electron chi connectivity index (χ0n) is 8.11. The largest absolute Gasteiger partial charge is 0.312 e. The number of nitrogens with one attached hydrogen (secondary N) is 1. The van der Waals surface area contributed by atoms with E-state index in [0.717, 1.165) is 0 Å². The van der Waals surface area contributed by atoms with Crippen LogP contribution in [0, 0.1) is 5.82 Å². The van der Waals surface area contributed by atoms with Crippen molar-refractivity contribution in [2.75, 3.05) is 7.05 Å². The fourth-order valence-corrected chi connectivity index (χ4v) is 1.45. The molecule has 0 radical (unpaired) electrons. The van der Waals surface area contributed by atoms with Gasteiger partial charge in [-0.25, -0.2) is 13.2 Å². The predicted octanol–water partition coefficient (Wildman–Crippen LogP) is 2.87. The number of rotatable bonds is 4. The number of halogens is 4.